The molecule has 0 spiro atoms. The first-order chi connectivity index (χ1) is 28.2. The zero-order valence-electron chi connectivity index (χ0n) is 30.5. The van der Waals surface area contributed by atoms with Crippen LogP contribution in [0.4, 0.5) is 0 Å². The average molecular weight is 727 g/mol. The molecule has 0 atom stereocenters. The van der Waals surface area contributed by atoms with Gasteiger partial charge in [-0.15, -0.1) is 0 Å². The van der Waals surface area contributed by atoms with Crippen molar-refractivity contribution in [2.24, 2.45) is 0 Å². The molecule has 0 aliphatic rings. The fourth-order valence-electron chi connectivity index (χ4n) is 9.21. The Kier molecular flexibility index (Phi) is 6.10. The van der Waals surface area contributed by atoms with Crippen LogP contribution in [0.15, 0.2) is 186 Å². The lowest BCUT2D eigenvalue weighted by atomic mass is 10.0. The van der Waals surface area contributed by atoms with Crippen molar-refractivity contribution in [1.82, 2.24) is 19.1 Å². The van der Waals surface area contributed by atoms with Crippen molar-refractivity contribution in [3.63, 3.8) is 0 Å². The number of furan rings is 1. The average Bonchev–Trinajstić information content (AvgIpc) is 3.91. The summed E-state index contributed by atoms with van der Waals surface area (Å²) in [6, 6.07) is 64.9. The van der Waals surface area contributed by atoms with E-state index in [0.717, 1.165) is 82.9 Å². The van der Waals surface area contributed by atoms with Crippen LogP contribution in [0.1, 0.15) is 0 Å². The maximum absolute atomic E-state index is 6.37. The van der Waals surface area contributed by atoms with E-state index in [9.17, 15) is 0 Å². The molecule has 57 heavy (non-hydrogen) atoms. The maximum atomic E-state index is 6.37. The number of rotatable bonds is 3. The van der Waals surface area contributed by atoms with Gasteiger partial charge in [0.15, 0.2) is 5.82 Å². The normalized spacial score (nSPS) is 12.2. The Morgan fingerprint density at radius 3 is 1.72 bits per heavy atom. The van der Waals surface area contributed by atoms with Gasteiger partial charge in [-0.3, -0.25) is 4.57 Å². The first-order valence-electron chi connectivity index (χ1n) is 19.3. The molecule has 0 amide bonds. The second-order valence-electron chi connectivity index (χ2n) is 15.0. The van der Waals surface area contributed by atoms with E-state index in [1.165, 1.54) is 38.0 Å². The largest absolute Gasteiger partial charge is 0.456 e. The number of nitrogens with zero attached hydrogens (tertiary/aromatic N) is 4. The molecule has 264 valence electrons. The lowest BCUT2D eigenvalue weighted by molar-refractivity contribution is 0.669. The number of benzene rings is 9. The zero-order chi connectivity index (χ0) is 37.2. The van der Waals surface area contributed by atoms with E-state index in [4.69, 9.17) is 14.4 Å². The second-order valence-corrected chi connectivity index (χ2v) is 15.0. The number of fused-ring (bicyclic) bond motifs is 12. The van der Waals surface area contributed by atoms with Gasteiger partial charge in [-0.25, -0.2) is 9.97 Å². The Morgan fingerprint density at radius 2 is 0.930 bits per heavy atom. The van der Waals surface area contributed by atoms with Gasteiger partial charge in [0.1, 0.15) is 16.9 Å². The van der Waals surface area contributed by atoms with Crippen LogP contribution in [0.2, 0.25) is 0 Å². The van der Waals surface area contributed by atoms with Gasteiger partial charge in [0, 0.05) is 43.6 Å². The van der Waals surface area contributed by atoms with Crippen molar-refractivity contribution >= 4 is 98.1 Å². The Hall–Kier alpha value is -7.76. The van der Waals surface area contributed by atoms with Crippen molar-refractivity contribution in [2.75, 3.05) is 0 Å². The van der Waals surface area contributed by atoms with Crippen molar-refractivity contribution in [1.29, 1.82) is 0 Å². The van der Waals surface area contributed by atoms with Gasteiger partial charge in [0.25, 0.3) is 0 Å². The minimum atomic E-state index is 0.781. The Bertz CT molecular complexity index is 3830. The van der Waals surface area contributed by atoms with Gasteiger partial charge in [-0.05, 0) is 100 Å². The highest BCUT2D eigenvalue weighted by atomic mass is 16.3. The summed E-state index contributed by atoms with van der Waals surface area (Å²) in [7, 11) is 0. The number of hydrogen-bond donors (Lipinski definition) is 0. The van der Waals surface area contributed by atoms with Gasteiger partial charge in [0.2, 0.25) is 0 Å². The first kappa shape index (κ1) is 30.6. The molecule has 0 N–H and O–H groups in total. The highest BCUT2D eigenvalue weighted by molar-refractivity contribution is 6.16. The Labute approximate surface area is 325 Å². The quantitative estimate of drug-likeness (QED) is 0.182. The van der Waals surface area contributed by atoms with Crippen LogP contribution >= 0.6 is 0 Å². The molecule has 13 rings (SSSR count). The van der Waals surface area contributed by atoms with Crippen molar-refractivity contribution in [3.05, 3.63) is 182 Å². The van der Waals surface area contributed by atoms with E-state index < -0.39 is 0 Å². The van der Waals surface area contributed by atoms with Crippen LogP contribution in [-0.4, -0.2) is 19.1 Å². The highest BCUT2D eigenvalue weighted by Gasteiger charge is 2.21. The lowest BCUT2D eigenvalue weighted by Gasteiger charge is -2.14. The third-order valence-corrected chi connectivity index (χ3v) is 11.8. The monoisotopic (exact) mass is 726 g/mol. The SMILES string of the molecule is c1ccc2cc3c(cc2c1)c1ccccc1n3-c1ccc2cc3c(cc2c1)c1ccccc1n3-c1nc2ccccc2nc1-c1ccc2c(c1)oc1ccccc12. The molecular weight excluding hydrogens is 697 g/mol. The summed E-state index contributed by atoms with van der Waals surface area (Å²) >= 11 is 0. The molecule has 9 aromatic carbocycles. The second kappa shape index (κ2) is 11.4. The molecule has 0 saturated carbocycles. The van der Waals surface area contributed by atoms with Gasteiger partial charge >= 0.3 is 0 Å². The molecule has 4 heterocycles. The van der Waals surface area contributed by atoms with E-state index in [1.54, 1.807) is 0 Å². The van der Waals surface area contributed by atoms with E-state index in [0.29, 0.717) is 0 Å². The summed E-state index contributed by atoms with van der Waals surface area (Å²) in [6.07, 6.45) is 0. The van der Waals surface area contributed by atoms with Gasteiger partial charge in [-0.1, -0.05) is 103 Å². The molecule has 0 bridgehead atoms. The molecule has 5 nitrogen and oxygen atoms in total. The Balaban J connectivity index is 1.06. The smallest absolute Gasteiger partial charge is 0.165 e. The fraction of sp³-hybridized carbons (Fsp3) is 0. The van der Waals surface area contributed by atoms with Crippen molar-refractivity contribution in [3.8, 4) is 22.8 Å². The van der Waals surface area contributed by atoms with Gasteiger partial charge in [-0.2, -0.15) is 0 Å². The molecule has 0 unspecified atom stereocenters. The lowest BCUT2D eigenvalue weighted by Crippen LogP contribution is -2.03. The van der Waals surface area contributed by atoms with Crippen LogP contribution in [0.5, 0.6) is 0 Å². The molecule has 0 saturated heterocycles. The van der Waals surface area contributed by atoms with E-state index in [-0.39, 0.29) is 0 Å². The summed E-state index contributed by atoms with van der Waals surface area (Å²) in [6.45, 7) is 0. The predicted molar refractivity (Wildman–Crippen MR) is 236 cm³/mol. The molecular formula is C52H30N4O. The van der Waals surface area contributed by atoms with Crippen molar-refractivity contribution in [2.45, 2.75) is 0 Å². The molecule has 0 aliphatic heterocycles. The van der Waals surface area contributed by atoms with E-state index in [2.05, 4.69) is 155 Å². The zero-order valence-corrected chi connectivity index (χ0v) is 30.5. The summed E-state index contributed by atoms with van der Waals surface area (Å²) in [5, 5.41) is 11.8. The van der Waals surface area contributed by atoms with Crippen LogP contribution in [0, 0.1) is 0 Å². The number of aromatic nitrogens is 4. The van der Waals surface area contributed by atoms with E-state index in [1.807, 2.05) is 36.4 Å². The summed E-state index contributed by atoms with van der Waals surface area (Å²) in [4.78, 5) is 10.7. The minimum Gasteiger partial charge on any atom is -0.456 e. The van der Waals surface area contributed by atoms with Crippen molar-refractivity contribution < 1.29 is 4.42 Å². The fourth-order valence-corrected chi connectivity index (χ4v) is 9.21. The minimum absolute atomic E-state index is 0.781. The van der Waals surface area contributed by atoms with Crippen LogP contribution in [0.25, 0.3) is 121 Å². The summed E-state index contributed by atoms with van der Waals surface area (Å²) < 4.78 is 11.1. The predicted octanol–water partition coefficient (Wildman–Crippen LogP) is 13.7. The molecule has 0 aliphatic carbocycles. The van der Waals surface area contributed by atoms with Crippen LogP contribution in [0.3, 0.4) is 0 Å². The molecule has 5 heteroatoms. The first-order valence-corrected chi connectivity index (χ1v) is 19.3. The standard InChI is InChI=1S/C52H30N4O/c1-2-12-32-28-47-41(26-31(32)11-1)37-13-3-8-18-45(37)55(47)36-23-21-33-29-48-42(27-35(33)25-36)38-14-4-9-19-46(38)56(48)52-51(53-43-16-6-7-17-44(43)54-52)34-22-24-40-39-15-5-10-20-49(39)57-50(40)30-34/h1-30H. The molecule has 0 radical (unpaired) electrons. The van der Waals surface area contributed by atoms with Crippen LogP contribution < -0.4 is 0 Å². The van der Waals surface area contributed by atoms with Crippen LogP contribution in [-0.2, 0) is 0 Å². The number of hydrogen-bond acceptors (Lipinski definition) is 3. The topological polar surface area (TPSA) is 48.8 Å². The summed E-state index contributed by atoms with van der Waals surface area (Å²) in [5.74, 6) is 0.781. The number of para-hydroxylation sites is 5. The third kappa shape index (κ3) is 4.39. The summed E-state index contributed by atoms with van der Waals surface area (Å²) in [5.41, 5.74) is 10.8. The third-order valence-electron chi connectivity index (χ3n) is 11.8. The van der Waals surface area contributed by atoms with Gasteiger partial charge < -0.3 is 8.98 Å². The molecule has 4 aromatic heterocycles. The Morgan fingerprint density at radius 1 is 0.351 bits per heavy atom. The molecule has 0 fully saturated rings. The van der Waals surface area contributed by atoms with E-state index >= 15 is 0 Å². The maximum Gasteiger partial charge on any atom is 0.165 e. The molecule has 13 aromatic rings. The highest BCUT2D eigenvalue weighted by Crippen LogP contribution is 2.41. The van der Waals surface area contributed by atoms with Gasteiger partial charge in [0.05, 0.1) is 33.1 Å².